The molecule has 0 spiro atoms. The maximum Gasteiger partial charge on any atom is 0.316 e. The molecule has 0 aliphatic carbocycles. The second-order valence-electron chi connectivity index (χ2n) is 3.62. The van der Waals surface area contributed by atoms with Crippen LogP contribution in [0.4, 0.5) is 0 Å². The van der Waals surface area contributed by atoms with Crippen LogP contribution in [-0.4, -0.2) is 18.4 Å². The molecule has 17 heavy (non-hydrogen) atoms. The van der Waals surface area contributed by atoms with Gasteiger partial charge in [-0.2, -0.15) is 0 Å². The molecule has 0 bridgehead atoms. The van der Waals surface area contributed by atoms with Crippen LogP contribution in [0.3, 0.4) is 0 Å². The number of carbonyl (C=O) groups excluding carboxylic acids is 2. The van der Waals surface area contributed by atoms with Crippen LogP contribution in [0.25, 0.3) is 6.08 Å². The minimum atomic E-state index is -0.741. The number of ether oxygens (including phenoxy) is 1. The van der Waals surface area contributed by atoms with Crippen molar-refractivity contribution in [2.24, 2.45) is 5.92 Å². The quantitative estimate of drug-likeness (QED) is 0.445. The first-order chi connectivity index (χ1) is 8.15. The lowest BCUT2D eigenvalue weighted by molar-refractivity contribution is -0.149. The van der Waals surface area contributed by atoms with Crippen LogP contribution < -0.4 is 0 Å². The Balaban J connectivity index is 2.60. The number of allylic oxidation sites excluding steroid dienone is 1. The van der Waals surface area contributed by atoms with Gasteiger partial charge in [-0.05, 0) is 25.5 Å². The topological polar surface area (TPSA) is 43.4 Å². The zero-order valence-electron chi connectivity index (χ0n) is 10.1. The SMILES string of the molecule is CCOC(=O)C(C)C(=O)C=Cc1ccccc1. The van der Waals surface area contributed by atoms with Crippen LogP contribution in [0, 0.1) is 5.92 Å². The van der Waals surface area contributed by atoms with Crippen LogP contribution in [0.5, 0.6) is 0 Å². The summed E-state index contributed by atoms with van der Waals surface area (Å²) in [4.78, 5) is 23.0. The number of rotatable bonds is 5. The first-order valence-corrected chi connectivity index (χ1v) is 5.58. The molecule has 0 aromatic heterocycles. The van der Waals surface area contributed by atoms with E-state index in [1.54, 1.807) is 19.9 Å². The molecule has 1 rings (SSSR count). The van der Waals surface area contributed by atoms with E-state index in [9.17, 15) is 9.59 Å². The van der Waals surface area contributed by atoms with Crippen LogP contribution >= 0.6 is 0 Å². The maximum atomic E-state index is 11.6. The number of ketones is 1. The summed E-state index contributed by atoms with van der Waals surface area (Å²) in [6, 6.07) is 9.45. The van der Waals surface area contributed by atoms with Crippen LogP contribution in [0.2, 0.25) is 0 Å². The van der Waals surface area contributed by atoms with Crippen molar-refractivity contribution in [2.45, 2.75) is 13.8 Å². The third kappa shape index (κ3) is 4.23. The molecule has 3 nitrogen and oxygen atoms in total. The Morgan fingerprint density at radius 2 is 1.94 bits per heavy atom. The Hall–Kier alpha value is -1.90. The van der Waals surface area contributed by atoms with Gasteiger partial charge in [-0.3, -0.25) is 9.59 Å². The van der Waals surface area contributed by atoms with Gasteiger partial charge in [-0.25, -0.2) is 0 Å². The monoisotopic (exact) mass is 232 g/mol. The number of carbonyl (C=O) groups is 2. The fourth-order valence-corrected chi connectivity index (χ4v) is 1.27. The van der Waals surface area contributed by atoms with Gasteiger partial charge in [0.05, 0.1) is 6.61 Å². The summed E-state index contributed by atoms with van der Waals surface area (Å²) in [6.07, 6.45) is 3.11. The van der Waals surface area contributed by atoms with E-state index in [0.717, 1.165) is 5.56 Å². The van der Waals surface area contributed by atoms with Crippen LogP contribution in [0.15, 0.2) is 36.4 Å². The number of hydrogen-bond donors (Lipinski definition) is 0. The van der Waals surface area contributed by atoms with Crippen molar-refractivity contribution < 1.29 is 14.3 Å². The Morgan fingerprint density at radius 1 is 1.29 bits per heavy atom. The minimum Gasteiger partial charge on any atom is -0.465 e. The van der Waals surface area contributed by atoms with E-state index < -0.39 is 11.9 Å². The summed E-state index contributed by atoms with van der Waals surface area (Å²) in [5.74, 6) is -1.46. The van der Waals surface area contributed by atoms with Crippen molar-refractivity contribution in [3.8, 4) is 0 Å². The summed E-state index contributed by atoms with van der Waals surface area (Å²) in [5.41, 5.74) is 0.928. The first-order valence-electron chi connectivity index (χ1n) is 5.58. The van der Waals surface area contributed by atoms with Gasteiger partial charge >= 0.3 is 5.97 Å². The minimum absolute atomic E-state index is 0.243. The predicted octanol–water partition coefficient (Wildman–Crippen LogP) is 2.47. The van der Waals surface area contributed by atoms with Crippen molar-refractivity contribution in [1.82, 2.24) is 0 Å². The van der Waals surface area contributed by atoms with E-state index in [2.05, 4.69) is 0 Å². The second-order valence-corrected chi connectivity index (χ2v) is 3.62. The molecule has 1 atom stereocenters. The molecule has 3 heteroatoms. The summed E-state index contributed by atoms with van der Waals surface area (Å²) in [6.45, 7) is 3.56. The molecule has 0 radical (unpaired) electrons. The molecule has 1 unspecified atom stereocenters. The molecule has 0 amide bonds. The first kappa shape index (κ1) is 13.2. The van der Waals surface area contributed by atoms with E-state index in [1.165, 1.54) is 6.08 Å². The Labute approximate surface area is 101 Å². The predicted molar refractivity (Wildman–Crippen MR) is 66.3 cm³/mol. The molecule has 0 aliphatic rings. The highest BCUT2D eigenvalue weighted by molar-refractivity contribution is 6.06. The molecule has 0 aliphatic heterocycles. The molecule has 90 valence electrons. The Bertz CT molecular complexity index is 407. The normalized spacial score (nSPS) is 12.4. The van der Waals surface area contributed by atoms with E-state index in [4.69, 9.17) is 4.74 Å². The lowest BCUT2D eigenvalue weighted by Crippen LogP contribution is -2.21. The molecule has 0 N–H and O–H groups in total. The molecule has 0 saturated carbocycles. The van der Waals surface area contributed by atoms with Crippen molar-refractivity contribution in [3.63, 3.8) is 0 Å². The summed E-state index contributed by atoms with van der Waals surface area (Å²) < 4.78 is 4.78. The molecular weight excluding hydrogens is 216 g/mol. The van der Waals surface area contributed by atoms with Gasteiger partial charge in [0, 0.05) is 0 Å². The molecule has 1 aromatic rings. The molecule has 0 saturated heterocycles. The molecule has 0 fully saturated rings. The van der Waals surface area contributed by atoms with Gasteiger partial charge in [-0.15, -0.1) is 0 Å². The Kier molecular flexibility index (Phi) is 5.14. The standard InChI is InChI=1S/C14H16O3/c1-3-17-14(16)11(2)13(15)10-9-12-7-5-4-6-8-12/h4-11H,3H2,1-2H3. The van der Waals surface area contributed by atoms with Crippen molar-refractivity contribution >= 4 is 17.8 Å². The summed E-state index contributed by atoms with van der Waals surface area (Å²) in [7, 11) is 0. The van der Waals surface area contributed by atoms with Gasteiger partial charge in [0.25, 0.3) is 0 Å². The summed E-state index contributed by atoms with van der Waals surface area (Å²) >= 11 is 0. The fourth-order valence-electron chi connectivity index (χ4n) is 1.27. The van der Waals surface area contributed by atoms with Crippen LogP contribution in [-0.2, 0) is 14.3 Å². The van der Waals surface area contributed by atoms with Crippen molar-refractivity contribution in [1.29, 1.82) is 0 Å². The number of hydrogen-bond acceptors (Lipinski definition) is 3. The largest absolute Gasteiger partial charge is 0.465 e. The number of benzene rings is 1. The van der Waals surface area contributed by atoms with E-state index in [0.29, 0.717) is 6.61 Å². The van der Waals surface area contributed by atoms with E-state index in [1.807, 2.05) is 30.3 Å². The Morgan fingerprint density at radius 3 is 2.53 bits per heavy atom. The van der Waals surface area contributed by atoms with E-state index >= 15 is 0 Å². The van der Waals surface area contributed by atoms with Gasteiger partial charge in [-0.1, -0.05) is 36.4 Å². The number of esters is 1. The van der Waals surface area contributed by atoms with Crippen LogP contribution in [0.1, 0.15) is 19.4 Å². The van der Waals surface area contributed by atoms with E-state index in [-0.39, 0.29) is 5.78 Å². The average Bonchev–Trinajstić information content (AvgIpc) is 2.36. The van der Waals surface area contributed by atoms with Crippen molar-refractivity contribution in [3.05, 3.63) is 42.0 Å². The van der Waals surface area contributed by atoms with Gasteiger partial charge in [0.2, 0.25) is 0 Å². The molecule has 1 aromatic carbocycles. The maximum absolute atomic E-state index is 11.6. The third-order valence-corrected chi connectivity index (χ3v) is 2.31. The highest BCUT2D eigenvalue weighted by Gasteiger charge is 2.19. The lowest BCUT2D eigenvalue weighted by Gasteiger charge is -2.06. The zero-order chi connectivity index (χ0) is 12.7. The second kappa shape index (κ2) is 6.63. The lowest BCUT2D eigenvalue weighted by atomic mass is 10.1. The summed E-state index contributed by atoms with van der Waals surface area (Å²) in [5, 5.41) is 0. The third-order valence-electron chi connectivity index (χ3n) is 2.31. The molecular formula is C14H16O3. The highest BCUT2D eigenvalue weighted by atomic mass is 16.5. The zero-order valence-corrected chi connectivity index (χ0v) is 10.1. The molecule has 0 heterocycles. The van der Waals surface area contributed by atoms with Gasteiger partial charge in [0.1, 0.15) is 5.92 Å². The van der Waals surface area contributed by atoms with Gasteiger partial charge < -0.3 is 4.74 Å². The van der Waals surface area contributed by atoms with Crippen molar-refractivity contribution in [2.75, 3.05) is 6.61 Å². The average molecular weight is 232 g/mol. The van der Waals surface area contributed by atoms with Gasteiger partial charge in [0.15, 0.2) is 5.78 Å². The fraction of sp³-hybridized carbons (Fsp3) is 0.286. The smallest absolute Gasteiger partial charge is 0.316 e. The highest BCUT2D eigenvalue weighted by Crippen LogP contribution is 2.05.